The second-order valence-corrected chi connectivity index (χ2v) is 4.69. The molecule has 104 valence electrons. The highest BCUT2D eigenvalue weighted by Gasteiger charge is 2.47. The van der Waals surface area contributed by atoms with E-state index in [2.05, 4.69) is 10.6 Å². The zero-order valence-corrected chi connectivity index (χ0v) is 10.9. The first-order chi connectivity index (χ1) is 8.40. The molecular formula is C11H20N2O5. The number of carboxylic acids is 1. The third-order valence-corrected chi connectivity index (χ3v) is 3.20. The fourth-order valence-corrected chi connectivity index (χ4v) is 1.61. The van der Waals surface area contributed by atoms with Crippen LogP contribution in [0.1, 0.15) is 13.8 Å². The van der Waals surface area contributed by atoms with Gasteiger partial charge in [-0.25, -0.2) is 4.79 Å². The number of carboxylic acid groups (broad SMARTS) is 1. The normalized spacial score (nSPS) is 28.7. The zero-order chi connectivity index (χ0) is 13.8. The average molecular weight is 260 g/mol. The molecule has 1 heterocycles. The van der Waals surface area contributed by atoms with Gasteiger partial charge >= 0.3 is 12.0 Å². The van der Waals surface area contributed by atoms with E-state index < -0.39 is 23.5 Å². The molecule has 0 aliphatic carbocycles. The summed E-state index contributed by atoms with van der Waals surface area (Å²) in [6.07, 6.45) is -0.0959. The van der Waals surface area contributed by atoms with Crippen molar-refractivity contribution in [2.75, 3.05) is 26.9 Å². The smallest absolute Gasteiger partial charge is 0.315 e. The largest absolute Gasteiger partial charge is 0.481 e. The number of aliphatic carboxylic acids is 1. The number of nitrogens with one attached hydrogen (secondary N) is 2. The Morgan fingerprint density at radius 1 is 1.61 bits per heavy atom. The molecule has 1 aliphatic heterocycles. The third-order valence-electron chi connectivity index (χ3n) is 3.20. The van der Waals surface area contributed by atoms with Gasteiger partial charge in [0.2, 0.25) is 0 Å². The molecule has 7 nitrogen and oxygen atoms in total. The predicted molar refractivity (Wildman–Crippen MR) is 63.4 cm³/mol. The summed E-state index contributed by atoms with van der Waals surface area (Å²) in [6.45, 7) is 4.04. The lowest BCUT2D eigenvalue weighted by Gasteiger charge is -2.25. The van der Waals surface area contributed by atoms with E-state index in [0.717, 1.165) is 0 Å². The molecule has 0 aromatic carbocycles. The summed E-state index contributed by atoms with van der Waals surface area (Å²) in [5.74, 6) is -0.976. The SMILES string of the molecule is COC(C)CNC(=O)NC1COCC1(C)C(=O)O. The van der Waals surface area contributed by atoms with Crippen LogP contribution in [-0.4, -0.2) is 56.1 Å². The van der Waals surface area contributed by atoms with E-state index >= 15 is 0 Å². The molecule has 0 spiro atoms. The Kier molecular flexibility index (Phi) is 4.92. The van der Waals surface area contributed by atoms with Gasteiger partial charge in [-0.15, -0.1) is 0 Å². The van der Waals surface area contributed by atoms with Crippen molar-refractivity contribution < 1.29 is 24.2 Å². The standard InChI is InChI=1S/C11H20N2O5/c1-7(17-3)4-12-10(16)13-8-5-18-6-11(8,2)9(14)15/h7-8H,4-6H2,1-3H3,(H,14,15)(H2,12,13,16). The maximum Gasteiger partial charge on any atom is 0.315 e. The number of hydrogen-bond acceptors (Lipinski definition) is 4. The van der Waals surface area contributed by atoms with E-state index in [9.17, 15) is 9.59 Å². The highest BCUT2D eigenvalue weighted by molar-refractivity contribution is 5.79. The monoisotopic (exact) mass is 260 g/mol. The highest BCUT2D eigenvalue weighted by Crippen LogP contribution is 2.28. The number of carbonyl (C=O) groups is 2. The lowest BCUT2D eigenvalue weighted by molar-refractivity contribution is -0.148. The first kappa shape index (κ1) is 14.7. The molecule has 0 aromatic rings. The number of methoxy groups -OCH3 is 1. The predicted octanol–water partition coefficient (Wildman–Crippen LogP) is -0.190. The first-order valence-corrected chi connectivity index (χ1v) is 5.78. The Morgan fingerprint density at radius 2 is 2.28 bits per heavy atom. The van der Waals surface area contributed by atoms with Gasteiger partial charge in [0.05, 0.1) is 25.4 Å². The molecule has 18 heavy (non-hydrogen) atoms. The quantitative estimate of drug-likeness (QED) is 0.636. The fraction of sp³-hybridized carbons (Fsp3) is 0.818. The van der Waals surface area contributed by atoms with Gasteiger partial charge in [0.15, 0.2) is 0 Å². The van der Waals surface area contributed by atoms with Crippen molar-refractivity contribution in [3.05, 3.63) is 0 Å². The lowest BCUT2D eigenvalue weighted by Crippen LogP contribution is -2.53. The van der Waals surface area contributed by atoms with Crippen LogP contribution >= 0.6 is 0 Å². The Hall–Kier alpha value is -1.34. The van der Waals surface area contributed by atoms with Crippen molar-refractivity contribution in [2.24, 2.45) is 5.41 Å². The van der Waals surface area contributed by atoms with Crippen molar-refractivity contribution in [3.63, 3.8) is 0 Å². The van der Waals surface area contributed by atoms with Gasteiger partial charge in [0.1, 0.15) is 5.41 Å². The molecule has 0 bridgehead atoms. The van der Waals surface area contributed by atoms with Crippen molar-refractivity contribution >= 4 is 12.0 Å². The third kappa shape index (κ3) is 3.33. The maximum atomic E-state index is 11.6. The summed E-state index contributed by atoms with van der Waals surface area (Å²) in [5.41, 5.74) is -1.08. The van der Waals surface area contributed by atoms with Crippen molar-refractivity contribution in [3.8, 4) is 0 Å². The number of hydrogen-bond donors (Lipinski definition) is 3. The molecular weight excluding hydrogens is 240 g/mol. The maximum absolute atomic E-state index is 11.6. The van der Waals surface area contributed by atoms with E-state index in [0.29, 0.717) is 6.54 Å². The summed E-state index contributed by atoms with van der Waals surface area (Å²) in [5, 5.41) is 14.4. The van der Waals surface area contributed by atoms with E-state index in [1.165, 1.54) is 0 Å². The van der Waals surface area contributed by atoms with Crippen LogP contribution in [0.2, 0.25) is 0 Å². The van der Waals surface area contributed by atoms with E-state index in [4.69, 9.17) is 14.6 Å². The average Bonchev–Trinajstić information content (AvgIpc) is 2.69. The van der Waals surface area contributed by atoms with Gasteiger partial charge in [-0.2, -0.15) is 0 Å². The van der Waals surface area contributed by atoms with Gasteiger partial charge in [0.25, 0.3) is 0 Å². The van der Waals surface area contributed by atoms with Crippen LogP contribution in [0.5, 0.6) is 0 Å². The summed E-state index contributed by atoms with van der Waals surface area (Å²) in [4.78, 5) is 22.8. The topological polar surface area (TPSA) is 96.9 Å². The highest BCUT2D eigenvalue weighted by atomic mass is 16.5. The van der Waals surface area contributed by atoms with Gasteiger partial charge < -0.3 is 25.2 Å². The minimum atomic E-state index is -1.08. The van der Waals surface area contributed by atoms with Gasteiger partial charge in [-0.1, -0.05) is 0 Å². The molecule has 1 rings (SSSR count). The molecule has 1 aliphatic rings. The molecule has 2 amide bonds. The molecule has 0 aromatic heterocycles. The molecule has 3 atom stereocenters. The van der Waals surface area contributed by atoms with Gasteiger partial charge in [-0.05, 0) is 13.8 Å². The summed E-state index contributed by atoms with van der Waals surface area (Å²) < 4.78 is 10.1. The molecule has 0 saturated carbocycles. The van der Waals surface area contributed by atoms with Crippen LogP contribution in [0, 0.1) is 5.41 Å². The summed E-state index contributed by atoms with van der Waals surface area (Å²) in [6, 6.07) is -0.949. The van der Waals surface area contributed by atoms with Crippen molar-refractivity contribution in [2.45, 2.75) is 26.0 Å². The molecule has 3 N–H and O–H groups in total. The molecule has 7 heteroatoms. The molecule has 0 radical (unpaired) electrons. The second kappa shape index (κ2) is 6.01. The number of rotatable bonds is 5. The molecule has 1 fully saturated rings. The van der Waals surface area contributed by atoms with Crippen LogP contribution in [0.15, 0.2) is 0 Å². The molecule has 1 saturated heterocycles. The van der Waals surface area contributed by atoms with E-state index in [1.54, 1.807) is 14.0 Å². The van der Waals surface area contributed by atoms with Crippen molar-refractivity contribution in [1.82, 2.24) is 10.6 Å². The summed E-state index contributed by atoms with van der Waals surface area (Å²) >= 11 is 0. The molecule has 3 unspecified atom stereocenters. The lowest BCUT2D eigenvalue weighted by atomic mass is 9.85. The number of carbonyl (C=O) groups excluding carboxylic acids is 1. The van der Waals surface area contributed by atoms with E-state index in [-0.39, 0.29) is 19.3 Å². The van der Waals surface area contributed by atoms with E-state index in [1.807, 2.05) is 6.92 Å². The Balaban J connectivity index is 2.46. The van der Waals surface area contributed by atoms with Crippen molar-refractivity contribution in [1.29, 1.82) is 0 Å². The van der Waals surface area contributed by atoms with Crippen LogP contribution in [-0.2, 0) is 14.3 Å². The van der Waals surface area contributed by atoms with Crippen LogP contribution in [0.4, 0.5) is 4.79 Å². The number of ether oxygens (including phenoxy) is 2. The number of urea groups is 1. The Morgan fingerprint density at radius 3 is 2.83 bits per heavy atom. The fourth-order valence-electron chi connectivity index (χ4n) is 1.61. The Bertz CT molecular complexity index is 323. The van der Waals surface area contributed by atoms with Gasteiger partial charge in [0, 0.05) is 13.7 Å². The van der Waals surface area contributed by atoms with Crippen LogP contribution < -0.4 is 10.6 Å². The minimum Gasteiger partial charge on any atom is -0.481 e. The zero-order valence-electron chi connectivity index (χ0n) is 10.9. The van der Waals surface area contributed by atoms with Crippen LogP contribution in [0.25, 0.3) is 0 Å². The number of amides is 2. The van der Waals surface area contributed by atoms with Gasteiger partial charge in [-0.3, -0.25) is 4.79 Å². The Labute approximate surface area is 106 Å². The first-order valence-electron chi connectivity index (χ1n) is 5.78. The minimum absolute atomic E-state index is 0.0959. The second-order valence-electron chi connectivity index (χ2n) is 4.69. The summed E-state index contributed by atoms with van der Waals surface area (Å²) in [7, 11) is 1.55. The van der Waals surface area contributed by atoms with Crippen LogP contribution in [0.3, 0.4) is 0 Å².